The minimum Gasteiger partial charge on any atom is -0.385 e. The van der Waals surface area contributed by atoms with Gasteiger partial charge >= 0.3 is 0 Å². The second-order valence-corrected chi connectivity index (χ2v) is 6.84. The first-order valence-corrected chi connectivity index (χ1v) is 7.65. The van der Waals surface area contributed by atoms with E-state index in [4.69, 9.17) is 4.52 Å². The van der Waals surface area contributed by atoms with Crippen LogP contribution >= 0.6 is 27.3 Å². The molecule has 0 saturated heterocycles. The Balaban J connectivity index is 1.82. The van der Waals surface area contributed by atoms with Crippen LogP contribution in [0.2, 0.25) is 0 Å². The van der Waals surface area contributed by atoms with Gasteiger partial charge in [-0.2, -0.15) is 0 Å². The molecule has 0 aromatic carbocycles. The minimum absolute atomic E-state index is 0.524. The molecule has 0 aliphatic carbocycles. The van der Waals surface area contributed by atoms with Crippen LogP contribution < -0.4 is 0 Å². The van der Waals surface area contributed by atoms with Gasteiger partial charge in [-0.3, -0.25) is 0 Å². The number of hydrogen-bond acceptors (Lipinski definition) is 5. The van der Waals surface area contributed by atoms with Crippen LogP contribution in [-0.2, 0) is 6.54 Å². The second kappa shape index (κ2) is 5.51. The van der Waals surface area contributed by atoms with E-state index < -0.39 is 6.10 Å². The maximum Gasteiger partial charge on any atom is 0.177 e. The number of rotatable bonds is 4. The Morgan fingerprint density at radius 2 is 2.35 bits per heavy atom. The molecular formula is C13H12BrN3O2S. The number of aliphatic hydroxyl groups excluding tert-OH is 1. The maximum absolute atomic E-state index is 9.63. The Kier molecular flexibility index (Phi) is 3.73. The summed E-state index contributed by atoms with van der Waals surface area (Å²) in [5, 5.41) is 13.7. The van der Waals surface area contributed by atoms with Crippen molar-refractivity contribution in [3.05, 3.63) is 45.9 Å². The van der Waals surface area contributed by atoms with E-state index in [2.05, 4.69) is 26.1 Å². The summed E-state index contributed by atoms with van der Waals surface area (Å²) in [6.07, 6.45) is 2.88. The molecule has 0 fully saturated rings. The van der Waals surface area contributed by atoms with Crippen LogP contribution in [0.15, 0.2) is 38.9 Å². The molecule has 1 unspecified atom stereocenters. The number of aliphatic hydroxyl groups is 1. The third-order valence-electron chi connectivity index (χ3n) is 2.83. The molecule has 3 aromatic heterocycles. The lowest BCUT2D eigenvalue weighted by atomic mass is 10.3. The number of thiophene rings is 1. The van der Waals surface area contributed by atoms with Crippen molar-refractivity contribution < 1.29 is 9.63 Å². The van der Waals surface area contributed by atoms with E-state index in [-0.39, 0.29) is 0 Å². The van der Waals surface area contributed by atoms with Gasteiger partial charge in [-0.1, -0.05) is 5.16 Å². The van der Waals surface area contributed by atoms with Crippen LogP contribution in [-0.4, -0.2) is 19.8 Å². The summed E-state index contributed by atoms with van der Waals surface area (Å²) >= 11 is 5.02. The summed E-state index contributed by atoms with van der Waals surface area (Å²) in [4.78, 5) is 5.16. The number of imidazole rings is 1. The Morgan fingerprint density at radius 1 is 1.50 bits per heavy atom. The molecule has 5 nitrogen and oxygen atoms in total. The summed E-state index contributed by atoms with van der Waals surface area (Å²) < 4.78 is 8.27. The Bertz CT molecular complexity index is 717. The molecule has 0 amide bonds. The SMILES string of the molecule is CC(O)c1nccn1Cc1cc(-c2ccc(Br)s2)on1. The van der Waals surface area contributed by atoms with Crippen LogP contribution in [0.3, 0.4) is 0 Å². The number of nitrogens with zero attached hydrogens (tertiary/aromatic N) is 3. The Hall–Kier alpha value is -1.44. The molecule has 104 valence electrons. The van der Waals surface area contributed by atoms with Gasteiger partial charge in [-0.15, -0.1) is 11.3 Å². The molecule has 7 heteroatoms. The van der Waals surface area contributed by atoms with Crippen molar-refractivity contribution in [3.8, 4) is 10.6 Å². The van der Waals surface area contributed by atoms with Crippen molar-refractivity contribution in [2.24, 2.45) is 0 Å². The molecular weight excluding hydrogens is 342 g/mol. The lowest BCUT2D eigenvalue weighted by Crippen LogP contribution is -2.07. The summed E-state index contributed by atoms with van der Waals surface area (Å²) in [5.41, 5.74) is 0.796. The summed E-state index contributed by atoms with van der Waals surface area (Å²) in [6.45, 7) is 2.21. The lowest BCUT2D eigenvalue weighted by Gasteiger charge is -2.07. The highest BCUT2D eigenvalue weighted by atomic mass is 79.9. The molecule has 3 rings (SSSR count). The third kappa shape index (κ3) is 2.70. The molecule has 0 aliphatic heterocycles. The van der Waals surface area contributed by atoms with Crippen LogP contribution in [0, 0.1) is 0 Å². The smallest absolute Gasteiger partial charge is 0.177 e. The van der Waals surface area contributed by atoms with Gasteiger partial charge in [0.15, 0.2) is 5.76 Å². The van der Waals surface area contributed by atoms with Crippen LogP contribution in [0.5, 0.6) is 0 Å². The fourth-order valence-corrected chi connectivity index (χ4v) is 3.28. The van der Waals surface area contributed by atoms with Crippen molar-refractivity contribution in [3.63, 3.8) is 0 Å². The first-order chi connectivity index (χ1) is 9.63. The molecule has 0 bridgehead atoms. The topological polar surface area (TPSA) is 64.1 Å². The van der Waals surface area contributed by atoms with E-state index >= 15 is 0 Å². The molecule has 3 heterocycles. The quantitative estimate of drug-likeness (QED) is 0.779. The molecule has 1 N–H and O–H groups in total. The van der Waals surface area contributed by atoms with E-state index in [0.29, 0.717) is 12.4 Å². The van der Waals surface area contributed by atoms with Gasteiger partial charge in [0.2, 0.25) is 0 Å². The van der Waals surface area contributed by atoms with Crippen molar-refractivity contribution in [2.45, 2.75) is 19.6 Å². The highest BCUT2D eigenvalue weighted by Gasteiger charge is 2.13. The van der Waals surface area contributed by atoms with Crippen molar-refractivity contribution in [2.75, 3.05) is 0 Å². The zero-order chi connectivity index (χ0) is 14.1. The summed E-state index contributed by atoms with van der Waals surface area (Å²) in [5.74, 6) is 1.36. The van der Waals surface area contributed by atoms with Crippen molar-refractivity contribution >= 4 is 27.3 Å². The fraction of sp³-hybridized carbons (Fsp3) is 0.231. The third-order valence-corrected chi connectivity index (χ3v) is 4.47. The van der Waals surface area contributed by atoms with Crippen molar-refractivity contribution in [1.82, 2.24) is 14.7 Å². The van der Waals surface area contributed by atoms with Crippen molar-refractivity contribution in [1.29, 1.82) is 0 Å². The van der Waals surface area contributed by atoms with E-state index in [0.717, 1.165) is 20.1 Å². The molecule has 1 atom stereocenters. The highest BCUT2D eigenvalue weighted by molar-refractivity contribution is 9.11. The van der Waals surface area contributed by atoms with Crippen LogP contribution in [0.25, 0.3) is 10.6 Å². The van der Waals surface area contributed by atoms with Crippen LogP contribution in [0.4, 0.5) is 0 Å². The van der Waals surface area contributed by atoms with Gasteiger partial charge in [0.25, 0.3) is 0 Å². The number of halogens is 1. The fourth-order valence-electron chi connectivity index (χ4n) is 1.95. The lowest BCUT2D eigenvalue weighted by molar-refractivity contribution is 0.184. The molecule has 20 heavy (non-hydrogen) atoms. The zero-order valence-electron chi connectivity index (χ0n) is 10.7. The van der Waals surface area contributed by atoms with Gasteiger partial charge in [-0.25, -0.2) is 4.98 Å². The largest absolute Gasteiger partial charge is 0.385 e. The highest BCUT2D eigenvalue weighted by Crippen LogP contribution is 2.31. The van der Waals surface area contributed by atoms with E-state index in [1.165, 1.54) is 0 Å². The average Bonchev–Trinajstić information content (AvgIpc) is 3.09. The van der Waals surface area contributed by atoms with Gasteiger partial charge in [0.05, 0.1) is 15.2 Å². The monoisotopic (exact) mass is 353 g/mol. The molecule has 0 radical (unpaired) electrons. The van der Waals surface area contributed by atoms with Gasteiger partial charge < -0.3 is 14.2 Å². The maximum atomic E-state index is 9.63. The standard InChI is InChI=1S/C13H12BrN3O2S/c1-8(18)13-15-4-5-17(13)7-9-6-10(19-16-9)11-2-3-12(14)20-11/h2-6,8,18H,7H2,1H3. The summed E-state index contributed by atoms with van der Waals surface area (Å²) in [6, 6.07) is 5.87. The molecule has 0 saturated carbocycles. The molecule has 0 spiro atoms. The Labute approximate surface area is 128 Å². The zero-order valence-corrected chi connectivity index (χ0v) is 13.1. The average molecular weight is 354 g/mol. The molecule has 3 aromatic rings. The summed E-state index contributed by atoms with van der Waals surface area (Å²) in [7, 11) is 0. The normalized spacial score (nSPS) is 12.8. The second-order valence-electron chi connectivity index (χ2n) is 4.38. The molecule has 0 aliphatic rings. The first-order valence-electron chi connectivity index (χ1n) is 6.04. The van der Waals surface area contributed by atoms with E-state index in [9.17, 15) is 5.11 Å². The predicted octanol–water partition coefficient (Wildman–Crippen LogP) is 3.46. The van der Waals surface area contributed by atoms with Gasteiger partial charge in [-0.05, 0) is 35.0 Å². The van der Waals surface area contributed by atoms with Gasteiger partial charge in [0.1, 0.15) is 17.6 Å². The number of hydrogen-bond donors (Lipinski definition) is 1. The van der Waals surface area contributed by atoms with Gasteiger partial charge in [0, 0.05) is 18.5 Å². The van der Waals surface area contributed by atoms with E-state index in [1.54, 1.807) is 24.5 Å². The van der Waals surface area contributed by atoms with E-state index in [1.807, 2.05) is 29.0 Å². The number of aromatic nitrogens is 3. The minimum atomic E-state index is -0.607. The Morgan fingerprint density at radius 3 is 3.05 bits per heavy atom. The first kappa shape index (κ1) is 13.5. The predicted molar refractivity (Wildman–Crippen MR) is 79.5 cm³/mol. The van der Waals surface area contributed by atoms with Crippen LogP contribution in [0.1, 0.15) is 24.5 Å².